The molecule has 2 aromatic rings. The van der Waals surface area contributed by atoms with E-state index in [0.29, 0.717) is 10.6 Å². The Bertz CT molecular complexity index is 625. The van der Waals surface area contributed by atoms with Crippen LogP contribution < -0.4 is 0 Å². The Kier molecular flexibility index (Phi) is 4.99. The molecule has 2 rings (SSSR count). The molecule has 110 valence electrons. The van der Waals surface area contributed by atoms with Crippen LogP contribution in [0.1, 0.15) is 28.9 Å². The Morgan fingerprint density at radius 2 is 1.81 bits per heavy atom. The summed E-state index contributed by atoms with van der Waals surface area (Å²) in [5.41, 5.74) is 1.59. The van der Waals surface area contributed by atoms with Crippen LogP contribution in [0.4, 0.5) is 0 Å². The number of rotatable bonds is 5. The molecule has 3 nitrogen and oxygen atoms in total. The summed E-state index contributed by atoms with van der Waals surface area (Å²) in [6, 6.07) is 14.0. The summed E-state index contributed by atoms with van der Waals surface area (Å²) in [7, 11) is 1.90. The summed E-state index contributed by atoms with van der Waals surface area (Å²) in [6.07, 6.45) is 0. The number of Topliss-reactive ketones (excluding diaryl/α,β-unsaturated/α-hetero) is 1. The quantitative estimate of drug-likeness (QED) is 0.851. The van der Waals surface area contributed by atoms with Crippen molar-refractivity contribution in [3.8, 4) is 5.75 Å². The number of carbonyl (C=O) groups excluding carboxylic acids is 1. The van der Waals surface area contributed by atoms with Gasteiger partial charge in [-0.3, -0.25) is 9.69 Å². The number of benzene rings is 2. The van der Waals surface area contributed by atoms with E-state index in [4.69, 9.17) is 11.6 Å². The number of hydrogen-bond acceptors (Lipinski definition) is 3. The zero-order valence-electron chi connectivity index (χ0n) is 12.1. The zero-order chi connectivity index (χ0) is 15.4. The van der Waals surface area contributed by atoms with E-state index in [2.05, 4.69) is 0 Å². The van der Waals surface area contributed by atoms with E-state index in [1.807, 2.05) is 43.1 Å². The van der Waals surface area contributed by atoms with Gasteiger partial charge in [0, 0.05) is 16.6 Å². The van der Waals surface area contributed by atoms with Crippen molar-refractivity contribution in [2.45, 2.75) is 13.0 Å². The summed E-state index contributed by atoms with van der Waals surface area (Å²) in [5.74, 6) is 0.167. The van der Waals surface area contributed by atoms with Gasteiger partial charge in [-0.1, -0.05) is 29.8 Å². The van der Waals surface area contributed by atoms with Crippen LogP contribution in [0.25, 0.3) is 0 Å². The Morgan fingerprint density at radius 3 is 2.43 bits per heavy atom. The van der Waals surface area contributed by atoms with Crippen LogP contribution >= 0.6 is 11.6 Å². The van der Waals surface area contributed by atoms with Crippen molar-refractivity contribution in [3.05, 3.63) is 64.7 Å². The smallest absolute Gasteiger partial charge is 0.176 e. The van der Waals surface area contributed by atoms with Crippen LogP contribution in [0, 0.1) is 0 Å². The van der Waals surface area contributed by atoms with Crippen molar-refractivity contribution in [3.63, 3.8) is 0 Å². The molecular weight excluding hydrogens is 286 g/mol. The van der Waals surface area contributed by atoms with Crippen LogP contribution in [0.3, 0.4) is 0 Å². The fourth-order valence-corrected chi connectivity index (χ4v) is 2.45. The Morgan fingerprint density at radius 1 is 1.19 bits per heavy atom. The van der Waals surface area contributed by atoms with Crippen molar-refractivity contribution in [1.82, 2.24) is 4.90 Å². The minimum atomic E-state index is 0.0106. The lowest BCUT2D eigenvalue weighted by molar-refractivity contribution is 0.0925. The summed E-state index contributed by atoms with van der Waals surface area (Å²) in [6.45, 7) is 2.31. The van der Waals surface area contributed by atoms with Gasteiger partial charge in [0.2, 0.25) is 0 Å². The third-order valence-corrected chi connectivity index (χ3v) is 3.94. The highest BCUT2D eigenvalue weighted by Crippen LogP contribution is 2.26. The van der Waals surface area contributed by atoms with Gasteiger partial charge in [-0.2, -0.15) is 0 Å². The molecule has 0 amide bonds. The average molecular weight is 304 g/mol. The number of phenolic OH excluding ortho intramolecular Hbond substituents is 1. The molecule has 0 radical (unpaired) electrons. The van der Waals surface area contributed by atoms with Gasteiger partial charge >= 0.3 is 0 Å². The van der Waals surface area contributed by atoms with E-state index in [-0.39, 0.29) is 24.1 Å². The lowest BCUT2D eigenvalue weighted by Gasteiger charge is -2.25. The molecule has 0 spiro atoms. The van der Waals surface area contributed by atoms with E-state index in [1.165, 1.54) is 12.1 Å². The van der Waals surface area contributed by atoms with Gasteiger partial charge in [-0.15, -0.1) is 0 Å². The van der Waals surface area contributed by atoms with E-state index in [1.54, 1.807) is 12.1 Å². The number of aromatic hydroxyl groups is 1. The Hall–Kier alpha value is -1.84. The second kappa shape index (κ2) is 6.74. The molecule has 1 atom stereocenters. The molecule has 21 heavy (non-hydrogen) atoms. The largest absolute Gasteiger partial charge is 0.508 e. The number of likely N-dealkylation sites (N-methyl/N-ethyl adjacent to an activating group) is 1. The van der Waals surface area contributed by atoms with Crippen LogP contribution in [-0.2, 0) is 0 Å². The second-order valence-corrected chi connectivity index (χ2v) is 5.49. The van der Waals surface area contributed by atoms with Gasteiger partial charge in [0.25, 0.3) is 0 Å². The predicted molar refractivity (Wildman–Crippen MR) is 84.9 cm³/mol. The normalized spacial score (nSPS) is 12.4. The monoisotopic (exact) mass is 303 g/mol. The van der Waals surface area contributed by atoms with E-state index >= 15 is 0 Å². The van der Waals surface area contributed by atoms with Crippen LogP contribution in [0.15, 0.2) is 48.5 Å². The molecule has 0 saturated heterocycles. The van der Waals surface area contributed by atoms with Gasteiger partial charge in [-0.25, -0.2) is 0 Å². The Labute approximate surface area is 129 Å². The minimum absolute atomic E-state index is 0.0106. The maximum Gasteiger partial charge on any atom is 0.176 e. The zero-order valence-corrected chi connectivity index (χ0v) is 12.8. The minimum Gasteiger partial charge on any atom is -0.508 e. The van der Waals surface area contributed by atoms with E-state index in [0.717, 1.165) is 5.56 Å². The maximum absolute atomic E-state index is 12.2. The highest BCUT2D eigenvalue weighted by Gasteiger charge is 2.17. The molecule has 0 bridgehead atoms. The molecule has 0 heterocycles. The standard InChI is InChI=1S/C17H18ClNO2/c1-12(15-5-3-4-6-16(15)18)19(2)11-17(21)13-7-9-14(20)10-8-13/h3-10,12,20H,11H2,1-2H3. The topological polar surface area (TPSA) is 40.5 Å². The molecule has 0 saturated carbocycles. The number of phenols is 1. The molecule has 0 fully saturated rings. The number of ketones is 1. The first kappa shape index (κ1) is 15.5. The molecule has 1 N–H and O–H groups in total. The van der Waals surface area contributed by atoms with Crippen molar-refractivity contribution < 1.29 is 9.90 Å². The fourth-order valence-electron chi connectivity index (χ4n) is 2.15. The predicted octanol–water partition coefficient (Wildman–Crippen LogP) is 3.92. The third kappa shape index (κ3) is 3.84. The number of carbonyl (C=O) groups is 1. The van der Waals surface area contributed by atoms with E-state index < -0.39 is 0 Å². The molecule has 0 aliphatic carbocycles. The molecule has 2 aromatic carbocycles. The van der Waals surface area contributed by atoms with Crippen LogP contribution in [0.5, 0.6) is 5.75 Å². The molecule has 4 heteroatoms. The first-order valence-corrected chi connectivity index (χ1v) is 7.13. The summed E-state index contributed by atoms with van der Waals surface area (Å²) >= 11 is 6.19. The highest BCUT2D eigenvalue weighted by molar-refractivity contribution is 6.31. The van der Waals surface area contributed by atoms with Crippen molar-refractivity contribution in [2.24, 2.45) is 0 Å². The van der Waals surface area contributed by atoms with Gasteiger partial charge in [0.05, 0.1) is 6.54 Å². The molecule has 0 aromatic heterocycles. The summed E-state index contributed by atoms with van der Waals surface area (Å²) < 4.78 is 0. The van der Waals surface area contributed by atoms with Gasteiger partial charge < -0.3 is 5.11 Å². The molecule has 1 unspecified atom stereocenters. The van der Waals surface area contributed by atoms with Crippen molar-refractivity contribution in [2.75, 3.05) is 13.6 Å². The number of halogens is 1. The maximum atomic E-state index is 12.2. The van der Waals surface area contributed by atoms with Crippen molar-refractivity contribution >= 4 is 17.4 Å². The fraction of sp³-hybridized carbons (Fsp3) is 0.235. The lowest BCUT2D eigenvalue weighted by atomic mass is 10.1. The summed E-state index contributed by atoms with van der Waals surface area (Å²) in [4.78, 5) is 14.2. The molecule has 0 aliphatic rings. The lowest BCUT2D eigenvalue weighted by Crippen LogP contribution is -2.29. The van der Waals surface area contributed by atoms with E-state index in [9.17, 15) is 9.90 Å². The summed E-state index contributed by atoms with van der Waals surface area (Å²) in [5, 5.41) is 9.95. The van der Waals surface area contributed by atoms with Gasteiger partial charge in [-0.05, 0) is 49.9 Å². The van der Waals surface area contributed by atoms with Crippen molar-refractivity contribution in [1.29, 1.82) is 0 Å². The molecule has 0 aliphatic heterocycles. The molecular formula is C17H18ClNO2. The Balaban J connectivity index is 2.07. The average Bonchev–Trinajstić information content (AvgIpc) is 2.47. The van der Waals surface area contributed by atoms with Crippen LogP contribution in [-0.4, -0.2) is 29.4 Å². The highest BCUT2D eigenvalue weighted by atomic mass is 35.5. The SMILES string of the molecule is CC(c1ccccc1Cl)N(C)CC(=O)c1ccc(O)cc1. The van der Waals surface area contributed by atoms with Gasteiger partial charge in [0.1, 0.15) is 5.75 Å². The first-order chi connectivity index (χ1) is 9.99. The third-order valence-electron chi connectivity index (χ3n) is 3.60. The van der Waals surface area contributed by atoms with Gasteiger partial charge in [0.15, 0.2) is 5.78 Å². The second-order valence-electron chi connectivity index (χ2n) is 5.08. The number of hydrogen-bond donors (Lipinski definition) is 1. The van der Waals surface area contributed by atoms with Crippen LogP contribution in [0.2, 0.25) is 5.02 Å². The first-order valence-electron chi connectivity index (χ1n) is 6.76. The number of nitrogens with zero attached hydrogens (tertiary/aromatic N) is 1.